The van der Waals surface area contributed by atoms with Crippen molar-refractivity contribution < 1.29 is 14.3 Å². The standard InChI is InChI=1S/C18H20ClNO3/c1-5-17(21)23-18-13-9-8-12(19)10-14(13)16(22-4)11-15(18)20(6-2)7-3/h5,8-11H,1,6-7H2,2-4H3. The van der Waals surface area contributed by atoms with E-state index < -0.39 is 5.97 Å². The number of rotatable bonds is 6. The molecule has 0 atom stereocenters. The van der Waals surface area contributed by atoms with Crippen LogP contribution in [-0.2, 0) is 4.79 Å². The fraction of sp³-hybridized carbons (Fsp3) is 0.278. The molecule has 5 heteroatoms. The lowest BCUT2D eigenvalue weighted by atomic mass is 10.1. The van der Waals surface area contributed by atoms with E-state index in [1.807, 2.05) is 26.0 Å². The van der Waals surface area contributed by atoms with Gasteiger partial charge in [-0.15, -0.1) is 0 Å². The van der Waals surface area contributed by atoms with E-state index in [0.29, 0.717) is 16.5 Å². The first kappa shape index (κ1) is 17.2. The van der Waals surface area contributed by atoms with Gasteiger partial charge in [0.15, 0.2) is 5.75 Å². The highest BCUT2D eigenvalue weighted by Crippen LogP contribution is 2.42. The molecule has 122 valence electrons. The van der Waals surface area contributed by atoms with Gasteiger partial charge >= 0.3 is 5.97 Å². The van der Waals surface area contributed by atoms with Crippen molar-refractivity contribution in [1.82, 2.24) is 0 Å². The van der Waals surface area contributed by atoms with Crippen molar-refractivity contribution in [3.05, 3.63) is 41.9 Å². The molecule has 0 unspecified atom stereocenters. The molecule has 0 saturated carbocycles. The van der Waals surface area contributed by atoms with Crippen LogP contribution in [0.15, 0.2) is 36.9 Å². The first-order chi connectivity index (χ1) is 11.0. The van der Waals surface area contributed by atoms with Crippen LogP contribution < -0.4 is 14.4 Å². The summed E-state index contributed by atoms with van der Waals surface area (Å²) in [6.45, 7) is 9.10. The van der Waals surface area contributed by atoms with Gasteiger partial charge in [-0.2, -0.15) is 0 Å². The molecule has 0 amide bonds. The Bertz CT molecular complexity index is 739. The van der Waals surface area contributed by atoms with Gasteiger partial charge < -0.3 is 14.4 Å². The summed E-state index contributed by atoms with van der Waals surface area (Å²) in [5.74, 6) is 0.675. The molecule has 4 nitrogen and oxygen atoms in total. The van der Waals surface area contributed by atoms with Crippen LogP contribution in [0.3, 0.4) is 0 Å². The molecule has 0 heterocycles. The second kappa shape index (κ2) is 7.38. The van der Waals surface area contributed by atoms with E-state index >= 15 is 0 Å². The predicted molar refractivity (Wildman–Crippen MR) is 94.9 cm³/mol. The van der Waals surface area contributed by atoms with Crippen LogP contribution in [0.2, 0.25) is 5.02 Å². The normalized spacial score (nSPS) is 10.4. The van der Waals surface area contributed by atoms with Gasteiger partial charge in [0, 0.05) is 41.0 Å². The van der Waals surface area contributed by atoms with Crippen molar-refractivity contribution >= 4 is 34.0 Å². The number of hydrogen-bond donors (Lipinski definition) is 0. The number of fused-ring (bicyclic) bond motifs is 1. The van der Waals surface area contributed by atoms with Gasteiger partial charge in [-0.05, 0) is 32.0 Å². The zero-order chi connectivity index (χ0) is 17.0. The molecule has 0 aliphatic rings. The van der Waals surface area contributed by atoms with Gasteiger partial charge in [-0.25, -0.2) is 4.79 Å². The van der Waals surface area contributed by atoms with Crippen molar-refractivity contribution in [3.8, 4) is 11.5 Å². The van der Waals surface area contributed by atoms with E-state index in [1.54, 1.807) is 19.2 Å². The summed E-state index contributed by atoms with van der Waals surface area (Å²) in [5, 5.41) is 2.15. The Morgan fingerprint density at radius 3 is 2.52 bits per heavy atom. The van der Waals surface area contributed by atoms with Gasteiger partial charge in [-0.3, -0.25) is 0 Å². The van der Waals surface area contributed by atoms with E-state index in [2.05, 4.69) is 11.5 Å². The highest BCUT2D eigenvalue weighted by atomic mass is 35.5. The Labute approximate surface area is 141 Å². The van der Waals surface area contributed by atoms with Crippen LogP contribution in [0, 0.1) is 0 Å². The van der Waals surface area contributed by atoms with E-state index in [4.69, 9.17) is 21.1 Å². The minimum Gasteiger partial charge on any atom is -0.496 e. The molecule has 2 aromatic rings. The second-order valence-electron chi connectivity index (χ2n) is 4.91. The molecule has 0 N–H and O–H groups in total. The third-order valence-corrected chi connectivity index (χ3v) is 3.92. The predicted octanol–water partition coefficient (Wildman–Crippen LogP) is 4.44. The van der Waals surface area contributed by atoms with Gasteiger partial charge in [-0.1, -0.05) is 18.2 Å². The lowest BCUT2D eigenvalue weighted by Crippen LogP contribution is -2.23. The summed E-state index contributed by atoms with van der Waals surface area (Å²) in [7, 11) is 1.61. The Hall–Kier alpha value is -2.20. The van der Waals surface area contributed by atoms with Gasteiger partial charge in [0.25, 0.3) is 0 Å². The third kappa shape index (κ3) is 3.42. The number of carbonyl (C=O) groups excluding carboxylic acids is 1. The molecular formula is C18H20ClNO3. The summed E-state index contributed by atoms with van der Waals surface area (Å²) in [4.78, 5) is 13.9. The van der Waals surface area contributed by atoms with Gasteiger partial charge in [0.2, 0.25) is 0 Å². The zero-order valence-electron chi connectivity index (χ0n) is 13.6. The van der Waals surface area contributed by atoms with Crippen molar-refractivity contribution in [3.63, 3.8) is 0 Å². The summed E-state index contributed by atoms with van der Waals surface area (Å²) in [5.41, 5.74) is 0.803. The van der Waals surface area contributed by atoms with E-state index in [0.717, 1.165) is 35.6 Å². The minimum atomic E-state index is -0.500. The number of halogens is 1. The molecular weight excluding hydrogens is 314 g/mol. The molecule has 0 fully saturated rings. The van der Waals surface area contributed by atoms with Crippen LogP contribution >= 0.6 is 11.6 Å². The molecule has 23 heavy (non-hydrogen) atoms. The fourth-order valence-electron chi connectivity index (χ4n) is 2.54. The Balaban J connectivity index is 2.80. The van der Waals surface area contributed by atoms with Crippen LogP contribution in [0.1, 0.15) is 13.8 Å². The molecule has 0 bridgehead atoms. The second-order valence-corrected chi connectivity index (χ2v) is 5.35. The average Bonchev–Trinajstić information content (AvgIpc) is 2.56. The van der Waals surface area contributed by atoms with Crippen LogP contribution in [-0.4, -0.2) is 26.2 Å². The van der Waals surface area contributed by atoms with E-state index in [-0.39, 0.29) is 0 Å². The monoisotopic (exact) mass is 333 g/mol. The van der Waals surface area contributed by atoms with E-state index in [9.17, 15) is 4.79 Å². The van der Waals surface area contributed by atoms with Crippen LogP contribution in [0.5, 0.6) is 11.5 Å². The fourth-order valence-corrected chi connectivity index (χ4v) is 2.71. The van der Waals surface area contributed by atoms with Gasteiger partial charge in [0.1, 0.15) is 5.75 Å². The lowest BCUT2D eigenvalue weighted by molar-refractivity contribution is -0.128. The Kier molecular flexibility index (Phi) is 5.50. The first-order valence-electron chi connectivity index (χ1n) is 7.45. The third-order valence-electron chi connectivity index (χ3n) is 3.69. The number of anilines is 1. The molecule has 0 aromatic heterocycles. The van der Waals surface area contributed by atoms with Crippen molar-refractivity contribution in [2.24, 2.45) is 0 Å². The summed E-state index contributed by atoms with van der Waals surface area (Å²) >= 11 is 6.10. The van der Waals surface area contributed by atoms with Crippen molar-refractivity contribution in [2.45, 2.75) is 13.8 Å². The Morgan fingerprint density at radius 1 is 1.26 bits per heavy atom. The summed E-state index contributed by atoms with van der Waals surface area (Å²) in [6, 6.07) is 7.27. The zero-order valence-corrected chi connectivity index (χ0v) is 14.3. The minimum absolute atomic E-state index is 0.492. The van der Waals surface area contributed by atoms with E-state index in [1.165, 1.54) is 0 Å². The molecule has 0 radical (unpaired) electrons. The summed E-state index contributed by atoms with van der Waals surface area (Å²) < 4.78 is 11.0. The number of hydrogen-bond acceptors (Lipinski definition) is 4. The largest absolute Gasteiger partial charge is 0.496 e. The first-order valence-corrected chi connectivity index (χ1v) is 7.82. The topological polar surface area (TPSA) is 38.8 Å². The number of carbonyl (C=O) groups is 1. The smallest absolute Gasteiger partial charge is 0.335 e. The molecule has 0 spiro atoms. The van der Waals surface area contributed by atoms with Crippen LogP contribution in [0.25, 0.3) is 10.8 Å². The maximum atomic E-state index is 11.8. The number of ether oxygens (including phenoxy) is 2. The molecule has 0 aliphatic heterocycles. The number of methoxy groups -OCH3 is 1. The van der Waals surface area contributed by atoms with Crippen molar-refractivity contribution in [1.29, 1.82) is 0 Å². The maximum Gasteiger partial charge on any atom is 0.335 e. The molecule has 0 saturated heterocycles. The number of benzene rings is 2. The molecule has 2 rings (SSSR count). The number of esters is 1. The quantitative estimate of drug-likeness (QED) is 0.445. The SMILES string of the molecule is C=CC(=O)Oc1c(N(CC)CC)cc(OC)c2cc(Cl)ccc12. The number of nitrogens with zero attached hydrogens (tertiary/aromatic N) is 1. The lowest BCUT2D eigenvalue weighted by Gasteiger charge is -2.25. The molecule has 0 aliphatic carbocycles. The Morgan fingerprint density at radius 2 is 1.96 bits per heavy atom. The van der Waals surface area contributed by atoms with Crippen molar-refractivity contribution in [2.75, 3.05) is 25.1 Å². The maximum absolute atomic E-state index is 11.8. The highest BCUT2D eigenvalue weighted by Gasteiger charge is 2.19. The molecule has 2 aromatic carbocycles. The average molecular weight is 334 g/mol. The van der Waals surface area contributed by atoms with Crippen LogP contribution in [0.4, 0.5) is 5.69 Å². The summed E-state index contributed by atoms with van der Waals surface area (Å²) in [6.07, 6.45) is 1.15. The highest BCUT2D eigenvalue weighted by molar-refractivity contribution is 6.31. The van der Waals surface area contributed by atoms with Gasteiger partial charge in [0.05, 0.1) is 12.8 Å².